The second-order valence-corrected chi connectivity index (χ2v) is 7.17. The number of thiazole rings is 1. The maximum Gasteiger partial charge on any atom is 0.191 e. The van der Waals surface area contributed by atoms with Crippen molar-refractivity contribution in [2.24, 2.45) is 16.6 Å². The quantitative estimate of drug-likeness (QED) is 0.258. The predicted molar refractivity (Wildman–Crippen MR) is 99.3 cm³/mol. The molecule has 1 saturated heterocycles. The Kier molecular flexibility index (Phi) is 8.86. The van der Waals surface area contributed by atoms with Crippen molar-refractivity contribution in [3.63, 3.8) is 0 Å². The average Bonchev–Trinajstić information content (AvgIpc) is 2.91. The summed E-state index contributed by atoms with van der Waals surface area (Å²) < 4.78 is 1.14. The summed E-state index contributed by atoms with van der Waals surface area (Å²) in [5.74, 6) is 2.52. The lowest BCUT2D eigenvalue weighted by Gasteiger charge is -2.31. The number of halogens is 1. The van der Waals surface area contributed by atoms with Crippen LogP contribution in [0.1, 0.15) is 26.2 Å². The Morgan fingerprint density at radius 2 is 2.50 bits per heavy atom. The Balaban J connectivity index is 0.00000200. The number of nitrogens with two attached hydrogens (primary N) is 1. The van der Waals surface area contributed by atoms with E-state index in [1.165, 1.54) is 12.8 Å². The zero-order chi connectivity index (χ0) is 13.5. The van der Waals surface area contributed by atoms with Crippen LogP contribution in [-0.4, -0.2) is 41.2 Å². The summed E-state index contributed by atoms with van der Waals surface area (Å²) in [6, 6.07) is 0. The SMILES string of the molecule is CC1CCCN(C(N)=NCCCSc2nccs2)C1.I. The molecule has 0 bridgehead atoms. The molecule has 0 spiro atoms. The molecule has 0 saturated carbocycles. The van der Waals surface area contributed by atoms with Gasteiger partial charge >= 0.3 is 0 Å². The minimum atomic E-state index is 0. The number of hydrogen-bond acceptors (Lipinski definition) is 4. The first-order chi connectivity index (χ1) is 9.25. The molecule has 1 aliphatic heterocycles. The predicted octanol–water partition coefficient (Wildman–Crippen LogP) is 3.29. The largest absolute Gasteiger partial charge is 0.370 e. The number of rotatable bonds is 5. The van der Waals surface area contributed by atoms with Gasteiger partial charge in [0.2, 0.25) is 0 Å². The molecule has 1 aliphatic rings. The van der Waals surface area contributed by atoms with Crippen LogP contribution in [-0.2, 0) is 0 Å². The summed E-state index contributed by atoms with van der Waals surface area (Å²) in [6.45, 7) is 5.22. The van der Waals surface area contributed by atoms with Crippen molar-refractivity contribution in [3.05, 3.63) is 11.6 Å². The number of nitrogens with zero attached hydrogens (tertiary/aromatic N) is 3. The van der Waals surface area contributed by atoms with Gasteiger partial charge in [-0.25, -0.2) is 4.98 Å². The van der Waals surface area contributed by atoms with Gasteiger partial charge in [-0.1, -0.05) is 18.7 Å². The van der Waals surface area contributed by atoms with E-state index >= 15 is 0 Å². The number of aliphatic imine (C=N–C) groups is 1. The van der Waals surface area contributed by atoms with E-state index in [0.29, 0.717) is 0 Å². The highest BCUT2D eigenvalue weighted by atomic mass is 127. The molecule has 0 aromatic carbocycles. The lowest BCUT2D eigenvalue weighted by molar-refractivity contribution is 0.270. The summed E-state index contributed by atoms with van der Waals surface area (Å²) >= 11 is 3.49. The van der Waals surface area contributed by atoms with E-state index in [9.17, 15) is 0 Å². The highest BCUT2D eigenvalue weighted by Gasteiger charge is 2.17. The van der Waals surface area contributed by atoms with E-state index in [4.69, 9.17) is 5.73 Å². The van der Waals surface area contributed by atoms with E-state index in [-0.39, 0.29) is 24.0 Å². The Morgan fingerprint density at radius 3 is 3.20 bits per heavy atom. The fraction of sp³-hybridized carbons (Fsp3) is 0.692. The lowest BCUT2D eigenvalue weighted by Crippen LogP contribution is -2.43. The number of thioether (sulfide) groups is 1. The molecule has 0 aliphatic carbocycles. The van der Waals surface area contributed by atoms with Crippen molar-refractivity contribution in [1.82, 2.24) is 9.88 Å². The van der Waals surface area contributed by atoms with Gasteiger partial charge in [0.25, 0.3) is 0 Å². The van der Waals surface area contributed by atoms with Crippen molar-refractivity contribution in [2.45, 2.75) is 30.5 Å². The van der Waals surface area contributed by atoms with Crippen molar-refractivity contribution in [3.8, 4) is 0 Å². The first-order valence-corrected chi connectivity index (χ1v) is 8.69. The van der Waals surface area contributed by atoms with Crippen LogP contribution in [0, 0.1) is 5.92 Å². The minimum absolute atomic E-state index is 0. The normalized spacial score (nSPS) is 19.8. The van der Waals surface area contributed by atoms with Crippen LogP contribution in [0.2, 0.25) is 0 Å². The van der Waals surface area contributed by atoms with Gasteiger partial charge in [-0.05, 0) is 25.2 Å². The van der Waals surface area contributed by atoms with Crippen molar-refractivity contribution < 1.29 is 0 Å². The fourth-order valence-corrected chi connectivity index (χ4v) is 3.83. The molecule has 2 rings (SSSR count). The summed E-state index contributed by atoms with van der Waals surface area (Å²) in [4.78, 5) is 11.0. The van der Waals surface area contributed by atoms with Gasteiger partial charge in [0.15, 0.2) is 5.96 Å². The lowest BCUT2D eigenvalue weighted by atomic mass is 10.0. The van der Waals surface area contributed by atoms with Crippen LogP contribution >= 0.6 is 47.1 Å². The van der Waals surface area contributed by atoms with Crippen LogP contribution in [0.3, 0.4) is 0 Å². The second kappa shape index (κ2) is 9.83. The number of guanidine groups is 1. The monoisotopic (exact) mass is 426 g/mol. The molecule has 7 heteroatoms. The molecule has 0 amide bonds. The zero-order valence-electron chi connectivity index (χ0n) is 11.8. The molecule has 114 valence electrons. The summed E-state index contributed by atoms with van der Waals surface area (Å²) in [7, 11) is 0. The Bertz CT molecular complexity index is 397. The van der Waals surface area contributed by atoms with E-state index < -0.39 is 0 Å². The molecule has 1 aromatic heterocycles. The van der Waals surface area contributed by atoms with Crippen molar-refractivity contribution in [2.75, 3.05) is 25.4 Å². The molecule has 20 heavy (non-hydrogen) atoms. The van der Waals surface area contributed by atoms with Gasteiger partial charge in [-0.15, -0.1) is 35.3 Å². The van der Waals surface area contributed by atoms with Gasteiger partial charge in [0, 0.05) is 37.0 Å². The third kappa shape index (κ3) is 6.17. The summed E-state index contributed by atoms with van der Waals surface area (Å²) in [5.41, 5.74) is 6.05. The first-order valence-electron chi connectivity index (χ1n) is 6.83. The van der Waals surface area contributed by atoms with Crippen LogP contribution < -0.4 is 5.73 Å². The van der Waals surface area contributed by atoms with Crippen LogP contribution in [0.25, 0.3) is 0 Å². The minimum Gasteiger partial charge on any atom is -0.370 e. The highest BCUT2D eigenvalue weighted by Crippen LogP contribution is 2.20. The molecule has 2 N–H and O–H groups in total. The van der Waals surface area contributed by atoms with Crippen LogP contribution in [0.4, 0.5) is 0 Å². The molecule has 0 radical (unpaired) electrons. The van der Waals surface area contributed by atoms with E-state index in [1.807, 2.05) is 11.6 Å². The van der Waals surface area contributed by atoms with E-state index in [1.54, 1.807) is 23.1 Å². The van der Waals surface area contributed by atoms with Gasteiger partial charge in [-0.2, -0.15) is 0 Å². The molecular formula is C13H23IN4S2. The van der Waals surface area contributed by atoms with Gasteiger partial charge in [-0.3, -0.25) is 4.99 Å². The van der Waals surface area contributed by atoms with Crippen LogP contribution in [0.5, 0.6) is 0 Å². The van der Waals surface area contributed by atoms with E-state index in [0.717, 1.165) is 48.0 Å². The molecule has 1 atom stereocenters. The Hall–Kier alpha value is -0.0200. The number of hydrogen-bond donors (Lipinski definition) is 1. The fourth-order valence-electron chi connectivity index (χ4n) is 2.20. The molecule has 1 fully saturated rings. The standard InChI is InChI=1S/C13H22N4S2.HI/c1-11-4-2-7-17(10-11)12(14)15-5-3-8-18-13-16-6-9-19-13;/h6,9,11H,2-5,7-8,10H2,1H3,(H2,14,15);1H. The molecule has 2 heterocycles. The smallest absolute Gasteiger partial charge is 0.191 e. The second-order valence-electron chi connectivity index (χ2n) is 4.93. The molecule has 4 nitrogen and oxygen atoms in total. The van der Waals surface area contributed by atoms with Crippen molar-refractivity contribution in [1.29, 1.82) is 0 Å². The summed E-state index contributed by atoms with van der Waals surface area (Å²) in [5, 5.41) is 2.01. The maximum absolute atomic E-state index is 6.05. The third-order valence-corrected chi connectivity index (χ3v) is 5.24. The average molecular weight is 426 g/mol. The Morgan fingerprint density at radius 1 is 1.65 bits per heavy atom. The highest BCUT2D eigenvalue weighted by molar-refractivity contribution is 14.0. The van der Waals surface area contributed by atoms with Gasteiger partial charge < -0.3 is 10.6 Å². The van der Waals surface area contributed by atoms with Crippen molar-refractivity contribution >= 4 is 53.0 Å². The number of likely N-dealkylation sites (tertiary alicyclic amines) is 1. The van der Waals surface area contributed by atoms with Gasteiger partial charge in [0.05, 0.1) is 0 Å². The summed E-state index contributed by atoms with van der Waals surface area (Å²) in [6.07, 6.45) is 5.44. The molecule has 1 aromatic rings. The first kappa shape index (κ1) is 18.0. The third-order valence-electron chi connectivity index (χ3n) is 3.19. The van der Waals surface area contributed by atoms with Gasteiger partial charge in [0.1, 0.15) is 4.34 Å². The maximum atomic E-state index is 6.05. The number of piperidine rings is 1. The Labute approximate surface area is 146 Å². The topological polar surface area (TPSA) is 54.5 Å². The van der Waals surface area contributed by atoms with E-state index in [2.05, 4.69) is 21.8 Å². The molecule has 1 unspecified atom stereocenters. The molecular weight excluding hydrogens is 403 g/mol. The van der Waals surface area contributed by atoms with Crippen LogP contribution in [0.15, 0.2) is 20.9 Å². The zero-order valence-corrected chi connectivity index (χ0v) is 15.8. The number of aromatic nitrogens is 1.